The third-order valence-electron chi connectivity index (χ3n) is 3.39. The molecule has 0 fully saturated rings. The van der Waals surface area contributed by atoms with Crippen molar-refractivity contribution in [1.82, 2.24) is 5.32 Å². The van der Waals surface area contributed by atoms with Crippen LogP contribution < -0.4 is 10.5 Å². The molecular weight excluding hydrogens is 368 g/mol. The van der Waals surface area contributed by atoms with Crippen molar-refractivity contribution in [3.05, 3.63) is 28.8 Å². The maximum absolute atomic E-state index is 12.0. The molecule has 0 aliphatic rings. The van der Waals surface area contributed by atoms with Gasteiger partial charge in [0.25, 0.3) is 5.91 Å². The summed E-state index contributed by atoms with van der Waals surface area (Å²) in [5, 5.41) is 7.66. The van der Waals surface area contributed by atoms with Crippen LogP contribution in [0.1, 0.15) is 44.0 Å². The number of ether oxygens (including phenoxy) is 1. The van der Waals surface area contributed by atoms with Gasteiger partial charge >= 0.3 is 5.97 Å². The first kappa shape index (κ1) is 21.4. The van der Waals surface area contributed by atoms with E-state index in [0.29, 0.717) is 5.92 Å². The van der Waals surface area contributed by atoms with E-state index in [-0.39, 0.29) is 21.5 Å². The molecule has 1 aromatic rings. The number of hydrogen-bond acceptors (Lipinski definition) is 5. The van der Waals surface area contributed by atoms with Crippen molar-refractivity contribution in [2.45, 2.75) is 44.6 Å². The van der Waals surface area contributed by atoms with Gasteiger partial charge in [-0.15, -0.1) is 0 Å². The molecule has 0 bridgehead atoms. The number of nitrogens with two attached hydrogens (primary N) is 1. The maximum atomic E-state index is 12.0. The Morgan fingerprint density at radius 1 is 1.24 bits per heavy atom. The summed E-state index contributed by atoms with van der Waals surface area (Å²) in [6, 6.07) is 3.51. The minimum atomic E-state index is -4.07. The molecule has 3 N–H and O–H groups in total. The van der Waals surface area contributed by atoms with Gasteiger partial charge in [-0.25, -0.2) is 18.4 Å². The number of amides is 1. The number of benzene rings is 1. The number of esters is 1. The fourth-order valence-corrected chi connectivity index (χ4v) is 3.11. The largest absolute Gasteiger partial charge is 0.452 e. The Labute approximate surface area is 152 Å². The van der Waals surface area contributed by atoms with Crippen LogP contribution in [0, 0.1) is 5.92 Å². The Balaban J connectivity index is 2.61. The monoisotopic (exact) mass is 390 g/mol. The summed E-state index contributed by atoms with van der Waals surface area (Å²) >= 11 is 5.75. The molecule has 140 valence electrons. The van der Waals surface area contributed by atoms with E-state index in [4.69, 9.17) is 21.5 Å². The second-order valence-corrected chi connectivity index (χ2v) is 8.14. The van der Waals surface area contributed by atoms with Gasteiger partial charge in [0.1, 0.15) is 4.90 Å². The summed E-state index contributed by atoms with van der Waals surface area (Å²) in [7, 11) is -4.07. The zero-order chi connectivity index (χ0) is 19.2. The summed E-state index contributed by atoms with van der Waals surface area (Å²) < 4.78 is 27.7. The molecule has 0 saturated heterocycles. The van der Waals surface area contributed by atoms with Crippen LogP contribution in [-0.4, -0.2) is 32.9 Å². The van der Waals surface area contributed by atoms with E-state index in [2.05, 4.69) is 19.2 Å². The Bertz CT molecular complexity index is 734. The number of carbonyl (C=O) groups is 2. The third-order valence-corrected chi connectivity index (χ3v) is 4.78. The number of nitrogens with one attached hydrogen (secondary N) is 1. The predicted octanol–water partition coefficient (Wildman–Crippen LogP) is 2.09. The molecule has 1 amide bonds. The molecule has 0 saturated carbocycles. The first-order chi connectivity index (χ1) is 11.5. The fraction of sp³-hybridized carbons (Fsp3) is 0.500. The lowest BCUT2D eigenvalue weighted by molar-refractivity contribution is -0.124. The van der Waals surface area contributed by atoms with Gasteiger partial charge in [0.15, 0.2) is 6.61 Å². The second kappa shape index (κ2) is 9.17. The first-order valence-electron chi connectivity index (χ1n) is 7.79. The van der Waals surface area contributed by atoms with Gasteiger partial charge in [0.05, 0.1) is 10.6 Å². The topological polar surface area (TPSA) is 116 Å². The molecule has 0 unspecified atom stereocenters. The normalized spacial score (nSPS) is 12.7. The van der Waals surface area contributed by atoms with E-state index < -0.39 is 28.5 Å². The highest BCUT2D eigenvalue weighted by Gasteiger charge is 2.18. The molecule has 7 nitrogen and oxygen atoms in total. The van der Waals surface area contributed by atoms with Crippen molar-refractivity contribution in [2.24, 2.45) is 11.1 Å². The Morgan fingerprint density at radius 3 is 2.44 bits per heavy atom. The highest BCUT2D eigenvalue weighted by molar-refractivity contribution is 7.89. The lowest BCUT2D eigenvalue weighted by atomic mass is 10.0. The average Bonchev–Trinajstić information content (AvgIpc) is 2.50. The summed E-state index contributed by atoms with van der Waals surface area (Å²) in [5.41, 5.74) is -0.0610. The number of rotatable bonds is 8. The molecule has 1 rings (SSSR count). The molecule has 1 aromatic carbocycles. The molecule has 9 heteroatoms. The molecule has 0 heterocycles. The van der Waals surface area contributed by atoms with Crippen LogP contribution in [0.25, 0.3) is 0 Å². The summed E-state index contributed by atoms with van der Waals surface area (Å²) in [5.74, 6) is -0.730. The minimum Gasteiger partial charge on any atom is -0.452 e. The van der Waals surface area contributed by atoms with Gasteiger partial charge < -0.3 is 10.1 Å². The van der Waals surface area contributed by atoms with E-state index in [1.165, 1.54) is 12.1 Å². The quantitative estimate of drug-likeness (QED) is 0.659. The van der Waals surface area contributed by atoms with Crippen LogP contribution in [-0.2, 0) is 19.6 Å². The smallest absolute Gasteiger partial charge is 0.338 e. The molecule has 0 spiro atoms. The molecule has 25 heavy (non-hydrogen) atoms. The molecule has 0 aliphatic carbocycles. The van der Waals surface area contributed by atoms with Crippen LogP contribution in [0.5, 0.6) is 0 Å². The van der Waals surface area contributed by atoms with Gasteiger partial charge in [-0.1, -0.05) is 25.4 Å². The first-order valence-corrected chi connectivity index (χ1v) is 9.72. The van der Waals surface area contributed by atoms with Crippen molar-refractivity contribution >= 4 is 33.5 Å². The summed E-state index contributed by atoms with van der Waals surface area (Å²) in [4.78, 5) is 23.4. The van der Waals surface area contributed by atoms with E-state index in [1.54, 1.807) is 0 Å². The predicted molar refractivity (Wildman–Crippen MR) is 94.8 cm³/mol. The molecule has 0 radical (unpaired) electrons. The van der Waals surface area contributed by atoms with Crippen LogP contribution in [0.2, 0.25) is 5.02 Å². The van der Waals surface area contributed by atoms with E-state index >= 15 is 0 Å². The highest BCUT2D eigenvalue weighted by atomic mass is 35.5. The van der Waals surface area contributed by atoms with Crippen LogP contribution in [0.15, 0.2) is 23.1 Å². The SMILES string of the molecule is CC(C)CC[C@@H](C)NC(=O)COC(=O)c1ccc(Cl)c(S(N)(=O)=O)c1. The van der Waals surface area contributed by atoms with Gasteiger partial charge in [0, 0.05) is 6.04 Å². The number of sulfonamides is 1. The Hall–Kier alpha value is -1.64. The van der Waals surface area contributed by atoms with Gasteiger partial charge in [-0.3, -0.25) is 4.79 Å². The average molecular weight is 391 g/mol. The molecule has 0 aliphatic heterocycles. The van der Waals surface area contributed by atoms with Crippen LogP contribution in [0.3, 0.4) is 0 Å². The van der Waals surface area contributed by atoms with Crippen molar-refractivity contribution in [2.75, 3.05) is 6.61 Å². The lowest BCUT2D eigenvalue weighted by Crippen LogP contribution is -2.36. The lowest BCUT2D eigenvalue weighted by Gasteiger charge is -2.15. The van der Waals surface area contributed by atoms with E-state index in [0.717, 1.165) is 18.9 Å². The Kier molecular flexibility index (Phi) is 7.85. The third kappa shape index (κ3) is 7.41. The zero-order valence-electron chi connectivity index (χ0n) is 14.4. The fourth-order valence-electron chi connectivity index (χ4n) is 2.03. The zero-order valence-corrected chi connectivity index (χ0v) is 16.0. The summed E-state index contributed by atoms with van der Waals surface area (Å²) in [6.45, 7) is 5.61. The van der Waals surface area contributed by atoms with Crippen LogP contribution >= 0.6 is 11.6 Å². The number of halogens is 1. The van der Waals surface area contributed by atoms with Gasteiger partial charge in [-0.2, -0.15) is 0 Å². The minimum absolute atomic E-state index is 0.0295. The summed E-state index contributed by atoms with van der Waals surface area (Å²) in [6.07, 6.45) is 1.80. The number of carbonyl (C=O) groups excluding carboxylic acids is 2. The molecule has 1 atom stereocenters. The van der Waals surface area contributed by atoms with Gasteiger partial charge in [0.2, 0.25) is 10.0 Å². The highest BCUT2D eigenvalue weighted by Crippen LogP contribution is 2.21. The van der Waals surface area contributed by atoms with Gasteiger partial charge in [-0.05, 0) is 43.9 Å². The maximum Gasteiger partial charge on any atom is 0.338 e. The number of primary sulfonamides is 1. The van der Waals surface area contributed by atoms with Crippen molar-refractivity contribution < 1.29 is 22.7 Å². The van der Waals surface area contributed by atoms with E-state index in [9.17, 15) is 18.0 Å². The van der Waals surface area contributed by atoms with E-state index in [1.807, 2.05) is 6.92 Å². The Morgan fingerprint density at radius 2 is 1.88 bits per heavy atom. The van der Waals surface area contributed by atoms with Crippen molar-refractivity contribution in [1.29, 1.82) is 0 Å². The number of hydrogen-bond donors (Lipinski definition) is 2. The van der Waals surface area contributed by atoms with Crippen LogP contribution in [0.4, 0.5) is 0 Å². The molecule has 0 aromatic heterocycles. The molecular formula is C16H23ClN2O5S. The van der Waals surface area contributed by atoms with Crippen molar-refractivity contribution in [3.8, 4) is 0 Å². The second-order valence-electron chi connectivity index (χ2n) is 6.21. The standard InChI is InChI=1S/C16H23ClN2O5S/c1-10(2)4-5-11(3)19-15(20)9-24-16(21)12-6-7-13(17)14(8-12)25(18,22)23/h6-8,10-11H,4-5,9H2,1-3H3,(H,19,20)(H2,18,22,23)/t11-/m1/s1. The van der Waals surface area contributed by atoms with Crippen molar-refractivity contribution in [3.63, 3.8) is 0 Å².